The summed E-state index contributed by atoms with van der Waals surface area (Å²) < 4.78 is 0. The van der Waals surface area contributed by atoms with Crippen LogP contribution in [0.25, 0.3) is 5.70 Å². The van der Waals surface area contributed by atoms with Crippen LogP contribution < -0.4 is 5.32 Å². The molecule has 0 saturated heterocycles. The maximum absolute atomic E-state index is 12.1. The van der Waals surface area contributed by atoms with Gasteiger partial charge in [-0.25, -0.2) is 0 Å². The van der Waals surface area contributed by atoms with Crippen molar-refractivity contribution in [2.45, 2.75) is 30.9 Å². The molecule has 1 aliphatic carbocycles. The lowest BCUT2D eigenvalue weighted by atomic mass is 10.1. The van der Waals surface area contributed by atoms with Crippen molar-refractivity contribution >= 4 is 46.0 Å². The minimum Gasteiger partial charge on any atom is -0.325 e. The molecule has 1 aromatic carbocycles. The number of anilines is 1. The van der Waals surface area contributed by atoms with Crippen molar-refractivity contribution in [1.82, 2.24) is 4.90 Å². The minimum absolute atomic E-state index is 0.101. The van der Waals surface area contributed by atoms with Crippen molar-refractivity contribution in [3.05, 3.63) is 35.2 Å². The van der Waals surface area contributed by atoms with Crippen molar-refractivity contribution in [3.8, 4) is 0 Å². The van der Waals surface area contributed by atoms with Crippen LogP contribution in [0.3, 0.4) is 0 Å². The lowest BCUT2D eigenvalue weighted by Gasteiger charge is -2.17. The Balaban J connectivity index is 1.32. The Labute approximate surface area is 151 Å². The molecule has 1 amide bonds. The van der Waals surface area contributed by atoms with Crippen LogP contribution in [0.2, 0.25) is 0 Å². The molecule has 0 aromatic heterocycles. The van der Waals surface area contributed by atoms with Gasteiger partial charge in [0, 0.05) is 22.9 Å². The molecule has 24 heavy (non-hydrogen) atoms. The average molecular weight is 360 g/mol. The van der Waals surface area contributed by atoms with Crippen molar-refractivity contribution in [3.63, 3.8) is 0 Å². The highest BCUT2D eigenvalue weighted by Gasteiger charge is 2.26. The SMILES string of the molecule is O=C(CSC1CCCC1)Nc1ccc(C2=CSC3=NCCN23)cc1. The summed E-state index contributed by atoms with van der Waals surface area (Å²) in [6.07, 6.45) is 5.17. The number of amides is 1. The van der Waals surface area contributed by atoms with Crippen molar-refractivity contribution in [2.75, 3.05) is 24.2 Å². The largest absolute Gasteiger partial charge is 0.325 e. The highest BCUT2D eigenvalue weighted by Crippen LogP contribution is 2.35. The van der Waals surface area contributed by atoms with E-state index < -0.39 is 0 Å². The zero-order valence-corrected chi connectivity index (χ0v) is 15.2. The number of nitrogens with one attached hydrogen (secondary N) is 1. The predicted octanol–water partition coefficient (Wildman–Crippen LogP) is 4.02. The van der Waals surface area contributed by atoms with E-state index in [1.807, 2.05) is 12.1 Å². The molecule has 0 unspecified atom stereocenters. The number of thioether (sulfide) groups is 2. The van der Waals surface area contributed by atoms with E-state index in [0.717, 1.165) is 23.9 Å². The minimum atomic E-state index is 0.101. The molecule has 0 spiro atoms. The molecule has 1 aromatic rings. The lowest BCUT2D eigenvalue weighted by Crippen LogP contribution is -2.20. The molecule has 6 heteroatoms. The maximum atomic E-state index is 12.1. The first-order chi connectivity index (χ1) is 11.8. The Morgan fingerprint density at radius 3 is 2.88 bits per heavy atom. The van der Waals surface area contributed by atoms with E-state index in [1.54, 1.807) is 23.5 Å². The summed E-state index contributed by atoms with van der Waals surface area (Å²) in [7, 11) is 0. The lowest BCUT2D eigenvalue weighted by molar-refractivity contribution is -0.113. The average Bonchev–Trinajstić information content (AvgIpc) is 3.32. The molecule has 3 aliphatic rings. The fraction of sp³-hybridized carbons (Fsp3) is 0.444. The Morgan fingerprint density at radius 2 is 2.08 bits per heavy atom. The van der Waals surface area contributed by atoms with Crippen LogP contribution >= 0.6 is 23.5 Å². The highest BCUT2D eigenvalue weighted by molar-refractivity contribution is 8.16. The number of carbonyl (C=O) groups excluding carboxylic acids is 1. The molecule has 126 valence electrons. The molecule has 2 heterocycles. The van der Waals surface area contributed by atoms with Gasteiger partial charge in [0.1, 0.15) is 0 Å². The number of benzene rings is 1. The van der Waals surface area contributed by atoms with E-state index in [4.69, 9.17) is 0 Å². The normalized spacial score (nSPS) is 20.1. The predicted molar refractivity (Wildman–Crippen MR) is 104 cm³/mol. The molecule has 0 atom stereocenters. The maximum Gasteiger partial charge on any atom is 0.234 e. The van der Waals surface area contributed by atoms with Gasteiger partial charge in [-0.3, -0.25) is 9.79 Å². The zero-order valence-electron chi connectivity index (χ0n) is 13.5. The Morgan fingerprint density at radius 1 is 1.29 bits per heavy atom. The number of fused-ring (bicyclic) bond motifs is 1. The van der Waals surface area contributed by atoms with E-state index >= 15 is 0 Å². The monoisotopic (exact) mass is 359 g/mol. The first kappa shape index (κ1) is 16.1. The van der Waals surface area contributed by atoms with Gasteiger partial charge in [-0.1, -0.05) is 36.7 Å². The quantitative estimate of drug-likeness (QED) is 0.862. The van der Waals surface area contributed by atoms with Crippen molar-refractivity contribution < 1.29 is 4.79 Å². The fourth-order valence-corrected chi connectivity index (χ4v) is 5.41. The Bertz CT molecular complexity index is 678. The molecule has 4 rings (SSSR count). The molecule has 1 saturated carbocycles. The zero-order chi connectivity index (χ0) is 16.4. The van der Waals surface area contributed by atoms with Crippen molar-refractivity contribution in [2.24, 2.45) is 4.99 Å². The van der Waals surface area contributed by atoms with E-state index in [0.29, 0.717) is 11.0 Å². The van der Waals surface area contributed by atoms with Gasteiger partial charge in [-0.2, -0.15) is 0 Å². The topological polar surface area (TPSA) is 44.7 Å². The molecule has 4 nitrogen and oxygen atoms in total. The third kappa shape index (κ3) is 3.49. The third-order valence-corrected chi connectivity index (χ3v) is 6.86. The summed E-state index contributed by atoms with van der Waals surface area (Å²) in [6, 6.07) is 8.13. The summed E-state index contributed by atoms with van der Waals surface area (Å²) in [5.41, 5.74) is 3.26. The standard InChI is InChI=1S/C18H21N3OS2/c22-17(12-23-15-3-1-2-4-15)20-14-7-5-13(6-8-14)16-11-24-18-19-9-10-21(16)18/h5-8,11,15H,1-4,9-10,12H2,(H,20,22). The summed E-state index contributed by atoms with van der Waals surface area (Å²) in [4.78, 5) is 18.8. The number of nitrogens with zero attached hydrogens (tertiary/aromatic N) is 2. The number of carbonyl (C=O) groups is 1. The number of hydrogen-bond donors (Lipinski definition) is 1. The van der Waals surface area contributed by atoms with Gasteiger partial charge in [-0.15, -0.1) is 11.8 Å². The van der Waals surface area contributed by atoms with Gasteiger partial charge in [-0.05, 0) is 30.5 Å². The summed E-state index contributed by atoms with van der Waals surface area (Å²) in [6.45, 7) is 1.84. The van der Waals surface area contributed by atoms with Crippen LogP contribution in [-0.4, -0.2) is 40.1 Å². The van der Waals surface area contributed by atoms with Gasteiger partial charge >= 0.3 is 0 Å². The number of aliphatic imine (C=N–C) groups is 1. The second-order valence-electron chi connectivity index (χ2n) is 6.28. The van der Waals surface area contributed by atoms with Crippen LogP contribution in [0.1, 0.15) is 31.2 Å². The van der Waals surface area contributed by atoms with E-state index in [-0.39, 0.29) is 5.91 Å². The summed E-state index contributed by atoms with van der Waals surface area (Å²) in [5.74, 6) is 0.659. The smallest absolute Gasteiger partial charge is 0.234 e. The van der Waals surface area contributed by atoms with Gasteiger partial charge in [0.05, 0.1) is 18.0 Å². The third-order valence-electron chi connectivity index (χ3n) is 4.59. The molecule has 0 radical (unpaired) electrons. The first-order valence-corrected chi connectivity index (χ1v) is 10.4. The summed E-state index contributed by atoms with van der Waals surface area (Å²) >= 11 is 3.49. The van der Waals surface area contributed by atoms with Gasteiger partial charge in [0.15, 0.2) is 5.17 Å². The van der Waals surface area contributed by atoms with Crippen LogP contribution in [0.4, 0.5) is 5.69 Å². The van der Waals surface area contributed by atoms with Crippen LogP contribution in [0, 0.1) is 0 Å². The molecular formula is C18H21N3OS2. The number of amidine groups is 1. The van der Waals surface area contributed by atoms with E-state index in [1.165, 1.54) is 36.9 Å². The van der Waals surface area contributed by atoms with Gasteiger partial charge in [0.2, 0.25) is 5.91 Å². The van der Waals surface area contributed by atoms with Gasteiger partial charge in [0.25, 0.3) is 0 Å². The van der Waals surface area contributed by atoms with E-state index in [2.05, 4.69) is 32.7 Å². The highest BCUT2D eigenvalue weighted by atomic mass is 32.2. The molecule has 1 N–H and O–H groups in total. The number of rotatable bonds is 5. The number of hydrogen-bond acceptors (Lipinski definition) is 5. The second-order valence-corrected chi connectivity index (χ2v) is 8.41. The summed E-state index contributed by atoms with van der Waals surface area (Å²) in [5, 5.41) is 6.95. The molecule has 2 aliphatic heterocycles. The Hall–Kier alpha value is -1.40. The fourth-order valence-electron chi connectivity index (χ4n) is 3.32. The molecular weight excluding hydrogens is 338 g/mol. The van der Waals surface area contributed by atoms with Crippen molar-refractivity contribution in [1.29, 1.82) is 0 Å². The first-order valence-electron chi connectivity index (χ1n) is 8.50. The van der Waals surface area contributed by atoms with Gasteiger partial charge < -0.3 is 10.2 Å². The van der Waals surface area contributed by atoms with Crippen LogP contribution in [0.5, 0.6) is 0 Å². The van der Waals surface area contributed by atoms with Crippen LogP contribution in [0.15, 0.2) is 34.7 Å². The second kappa shape index (κ2) is 7.23. The van der Waals surface area contributed by atoms with E-state index in [9.17, 15) is 4.79 Å². The molecule has 1 fully saturated rings. The Kier molecular flexibility index (Phi) is 4.85. The van der Waals surface area contributed by atoms with Crippen LogP contribution in [-0.2, 0) is 4.79 Å². The molecule has 0 bridgehead atoms.